The quantitative estimate of drug-likeness (QED) is 0.687. The Morgan fingerprint density at radius 2 is 1.90 bits per heavy atom. The van der Waals surface area contributed by atoms with E-state index in [9.17, 15) is 14.4 Å². The molecule has 6 heteroatoms. The molecule has 0 spiro atoms. The van der Waals surface area contributed by atoms with Crippen LogP contribution < -0.4 is 10.6 Å². The van der Waals surface area contributed by atoms with Gasteiger partial charge in [-0.2, -0.15) is 0 Å². The molecule has 1 saturated carbocycles. The first-order chi connectivity index (χ1) is 9.52. The zero-order valence-electron chi connectivity index (χ0n) is 12.2. The highest BCUT2D eigenvalue weighted by molar-refractivity contribution is 6.09. The fourth-order valence-corrected chi connectivity index (χ4v) is 2.78. The van der Waals surface area contributed by atoms with Crippen LogP contribution in [0.3, 0.4) is 0 Å². The van der Waals surface area contributed by atoms with Crippen LogP contribution in [0.2, 0.25) is 0 Å². The largest absolute Gasteiger partial charge is 0.352 e. The average Bonchev–Trinajstić information content (AvgIpc) is 3.15. The third-order valence-electron chi connectivity index (χ3n) is 3.84. The van der Waals surface area contributed by atoms with E-state index in [1.165, 1.54) is 0 Å². The van der Waals surface area contributed by atoms with E-state index < -0.39 is 11.6 Å². The Morgan fingerprint density at radius 1 is 1.30 bits per heavy atom. The normalized spacial score (nSPS) is 21.0. The zero-order chi connectivity index (χ0) is 14.8. The summed E-state index contributed by atoms with van der Waals surface area (Å²) in [6.45, 7) is 3.80. The number of imide groups is 1. The standard InChI is InChI=1S/C14H23N3O3/c1-3-7-14(8-4-2)12(19)17(13(20)16-14)9-11(18)15-10-5-6-10/h10H,3-9H2,1-2H3,(H,15,18)(H,16,20). The molecule has 0 unspecified atom stereocenters. The number of nitrogens with zero attached hydrogens (tertiary/aromatic N) is 1. The molecule has 1 saturated heterocycles. The van der Waals surface area contributed by atoms with Crippen molar-refractivity contribution in [2.75, 3.05) is 6.54 Å². The second-order valence-electron chi connectivity index (χ2n) is 5.75. The molecule has 20 heavy (non-hydrogen) atoms. The smallest absolute Gasteiger partial charge is 0.325 e. The number of amides is 4. The lowest BCUT2D eigenvalue weighted by Crippen LogP contribution is -2.47. The van der Waals surface area contributed by atoms with Crippen LogP contribution in [-0.2, 0) is 9.59 Å². The summed E-state index contributed by atoms with van der Waals surface area (Å²) in [5.41, 5.74) is -0.805. The van der Waals surface area contributed by atoms with Gasteiger partial charge in [-0.15, -0.1) is 0 Å². The van der Waals surface area contributed by atoms with Crippen molar-refractivity contribution in [3.8, 4) is 0 Å². The van der Waals surface area contributed by atoms with E-state index in [4.69, 9.17) is 0 Å². The van der Waals surface area contributed by atoms with Crippen molar-refractivity contribution in [2.24, 2.45) is 0 Å². The lowest BCUT2D eigenvalue weighted by molar-refractivity contribution is -0.135. The molecule has 1 heterocycles. The Labute approximate surface area is 119 Å². The molecule has 0 aromatic carbocycles. The lowest BCUT2D eigenvalue weighted by Gasteiger charge is -2.25. The van der Waals surface area contributed by atoms with E-state index in [0.29, 0.717) is 12.8 Å². The monoisotopic (exact) mass is 281 g/mol. The molecule has 2 N–H and O–H groups in total. The predicted octanol–water partition coefficient (Wildman–Crippen LogP) is 1.16. The fourth-order valence-electron chi connectivity index (χ4n) is 2.78. The summed E-state index contributed by atoms with van der Waals surface area (Å²) in [5, 5.41) is 5.60. The summed E-state index contributed by atoms with van der Waals surface area (Å²) in [6.07, 6.45) is 4.84. The number of hydrogen-bond donors (Lipinski definition) is 2. The van der Waals surface area contributed by atoms with Gasteiger partial charge >= 0.3 is 6.03 Å². The van der Waals surface area contributed by atoms with Crippen LogP contribution >= 0.6 is 0 Å². The molecule has 1 aliphatic carbocycles. The molecule has 6 nitrogen and oxygen atoms in total. The molecule has 0 atom stereocenters. The van der Waals surface area contributed by atoms with Crippen LogP contribution in [0.1, 0.15) is 52.4 Å². The van der Waals surface area contributed by atoms with Gasteiger partial charge in [0, 0.05) is 6.04 Å². The lowest BCUT2D eigenvalue weighted by atomic mass is 9.88. The van der Waals surface area contributed by atoms with Gasteiger partial charge in [-0.1, -0.05) is 26.7 Å². The minimum Gasteiger partial charge on any atom is -0.352 e. The molecule has 0 aromatic rings. The van der Waals surface area contributed by atoms with Crippen LogP contribution in [0, 0.1) is 0 Å². The Kier molecular flexibility index (Phi) is 4.30. The molecule has 0 bridgehead atoms. The second kappa shape index (κ2) is 5.81. The van der Waals surface area contributed by atoms with E-state index >= 15 is 0 Å². The Bertz CT molecular complexity index is 412. The second-order valence-corrected chi connectivity index (χ2v) is 5.75. The molecule has 2 aliphatic rings. The van der Waals surface area contributed by atoms with Crippen molar-refractivity contribution in [1.29, 1.82) is 0 Å². The average molecular weight is 281 g/mol. The van der Waals surface area contributed by atoms with Crippen LogP contribution in [-0.4, -0.2) is 40.9 Å². The Morgan fingerprint density at radius 3 is 2.40 bits per heavy atom. The number of rotatable bonds is 7. The summed E-state index contributed by atoms with van der Waals surface area (Å²) in [4.78, 5) is 37.4. The molecule has 112 valence electrons. The minimum atomic E-state index is -0.805. The van der Waals surface area contributed by atoms with Crippen LogP contribution in [0.4, 0.5) is 4.79 Å². The maximum Gasteiger partial charge on any atom is 0.325 e. The van der Waals surface area contributed by atoms with Gasteiger partial charge < -0.3 is 10.6 Å². The third-order valence-corrected chi connectivity index (χ3v) is 3.84. The highest BCUT2D eigenvalue weighted by Crippen LogP contribution is 2.28. The summed E-state index contributed by atoms with van der Waals surface area (Å²) in [7, 11) is 0. The van der Waals surface area contributed by atoms with Crippen molar-refractivity contribution in [2.45, 2.75) is 64.0 Å². The molecule has 4 amide bonds. The molecule has 0 aromatic heterocycles. The molecule has 1 aliphatic heterocycles. The van der Waals surface area contributed by atoms with Crippen molar-refractivity contribution in [3.63, 3.8) is 0 Å². The summed E-state index contributed by atoms with van der Waals surface area (Å²) < 4.78 is 0. The third kappa shape index (κ3) is 2.94. The van der Waals surface area contributed by atoms with E-state index in [1.807, 2.05) is 13.8 Å². The van der Waals surface area contributed by atoms with Crippen molar-refractivity contribution < 1.29 is 14.4 Å². The van der Waals surface area contributed by atoms with E-state index in [1.54, 1.807) is 0 Å². The van der Waals surface area contributed by atoms with Gasteiger partial charge in [0.1, 0.15) is 12.1 Å². The van der Waals surface area contributed by atoms with E-state index in [0.717, 1.165) is 30.6 Å². The van der Waals surface area contributed by atoms with Gasteiger partial charge in [0.2, 0.25) is 5.91 Å². The number of carbonyl (C=O) groups excluding carboxylic acids is 3. The van der Waals surface area contributed by atoms with Gasteiger partial charge in [-0.25, -0.2) is 4.79 Å². The molecular weight excluding hydrogens is 258 g/mol. The van der Waals surface area contributed by atoms with Gasteiger partial charge in [0.05, 0.1) is 0 Å². The topological polar surface area (TPSA) is 78.5 Å². The van der Waals surface area contributed by atoms with Gasteiger partial charge in [-0.05, 0) is 25.7 Å². The van der Waals surface area contributed by atoms with Crippen LogP contribution in [0.15, 0.2) is 0 Å². The minimum absolute atomic E-state index is 0.170. The van der Waals surface area contributed by atoms with Gasteiger partial charge in [0.25, 0.3) is 5.91 Å². The summed E-state index contributed by atoms with van der Waals surface area (Å²) >= 11 is 0. The summed E-state index contributed by atoms with van der Waals surface area (Å²) in [6, 6.07) is -0.206. The first-order valence-corrected chi connectivity index (χ1v) is 7.46. The number of carbonyl (C=O) groups is 3. The fraction of sp³-hybridized carbons (Fsp3) is 0.786. The maximum atomic E-state index is 12.5. The number of nitrogens with one attached hydrogen (secondary N) is 2. The van der Waals surface area contributed by atoms with Gasteiger partial charge in [0.15, 0.2) is 0 Å². The predicted molar refractivity (Wildman–Crippen MR) is 74.0 cm³/mol. The highest BCUT2D eigenvalue weighted by Gasteiger charge is 2.50. The van der Waals surface area contributed by atoms with Gasteiger partial charge in [-0.3, -0.25) is 14.5 Å². The van der Waals surface area contributed by atoms with E-state index in [2.05, 4.69) is 10.6 Å². The van der Waals surface area contributed by atoms with Crippen molar-refractivity contribution in [3.05, 3.63) is 0 Å². The first-order valence-electron chi connectivity index (χ1n) is 7.46. The maximum absolute atomic E-state index is 12.5. The van der Waals surface area contributed by atoms with Crippen LogP contribution in [0.25, 0.3) is 0 Å². The molecular formula is C14H23N3O3. The SMILES string of the molecule is CCCC1(CCC)NC(=O)N(CC(=O)NC2CC2)C1=O. The molecule has 2 fully saturated rings. The highest BCUT2D eigenvalue weighted by atomic mass is 16.2. The van der Waals surface area contributed by atoms with E-state index in [-0.39, 0.29) is 24.4 Å². The summed E-state index contributed by atoms with van der Waals surface area (Å²) in [5.74, 6) is -0.503. The van der Waals surface area contributed by atoms with Crippen LogP contribution in [0.5, 0.6) is 0 Å². The molecule has 0 radical (unpaired) electrons. The Balaban J connectivity index is 2.03. The Hall–Kier alpha value is -1.59. The van der Waals surface area contributed by atoms with Crippen molar-refractivity contribution in [1.82, 2.24) is 15.5 Å². The number of urea groups is 1. The zero-order valence-corrected chi connectivity index (χ0v) is 12.2. The number of hydrogen-bond acceptors (Lipinski definition) is 3. The van der Waals surface area contributed by atoms with Crippen molar-refractivity contribution >= 4 is 17.8 Å². The molecule has 2 rings (SSSR count). The first kappa shape index (κ1) is 14.8.